The van der Waals surface area contributed by atoms with Crippen molar-refractivity contribution < 1.29 is 9.90 Å². The maximum absolute atomic E-state index is 10.7. The van der Waals surface area contributed by atoms with Crippen LogP contribution in [-0.2, 0) is 17.6 Å². The molecule has 0 amide bonds. The first-order valence-electron chi connectivity index (χ1n) is 4.99. The lowest BCUT2D eigenvalue weighted by atomic mass is 10.2. The number of pyridine rings is 1. The topological polar surface area (TPSA) is 54.6 Å². The number of rotatable bonds is 3. The highest BCUT2D eigenvalue weighted by molar-refractivity contribution is 6.34. The van der Waals surface area contributed by atoms with Gasteiger partial charge in [0.15, 0.2) is 0 Å². The first kappa shape index (κ1) is 11.0. The molecule has 0 spiro atoms. The predicted octanol–water partition coefficient (Wildman–Crippen LogP) is 2.18. The summed E-state index contributed by atoms with van der Waals surface area (Å²) in [6.45, 7) is 1.97. The van der Waals surface area contributed by atoms with Crippen LogP contribution in [0.1, 0.15) is 18.4 Å². The molecule has 5 heteroatoms. The molecule has 0 bridgehead atoms. The molecule has 0 aliphatic rings. The Morgan fingerprint density at radius 1 is 1.62 bits per heavy atom. The minimum Gasteiger partial charge on any atom is -0.481 e. The van der Waals surface area contributed by atoms with E-state index < -0.39 is 5.97 Å². The second kappa shape index (κ2) is 4.14. The lowest BCUT2D eigenvalue weighted by Crippen LogP contribution is -2.01. The fraction of sp³-hybridized carbons (Fsp3) is 0.273. The van der Waals surface area contributed by atoms with E-state index in [1.54, 1.807) is 6.07 Å². The Bertz CT molecular complexity index is 548. The Labute approximate surface area is 97.5 Å². The van der Waals surface area contributed by atoms with E-state index in [0.29, 0.717) is 16.2 Å². The number of carboxylic acid groups (broad SMARTS) is 1. The van der Waals surface area contributed by atoms with Crippen LogP contribution in [-0.4, -0.2) is 20.5 Å². The van der Waals surface area contributed by atoms with E-state index in [0.717, 1.165) is 12.2 Å². The molecule has 2 aromatic rings. The molecule has 0 radical (unpaired) electrons. The van der Waals surface area contributed by atoms with Crippen LogP contribution in [0.25, 0.3) is 5.52 Å². The van der Waals surface area contributed by atoms with Crippen LogP contribution in [0, 0.1) is 0 Å². The molecular weight excluding hydrogens is 228 g/mol. The molecule has 16 heavy (non-hydrogen) atoms. The zero-order valence-electron chi connectivity index (χ0n) is 8.77. The monoisotopic (exact) mass is 238 g/mol. The molecule has 2 heterocycles. The summed E-state index contributed by atoms with van der Waals surface area (Å²) in [7, 11) is 0. The summed E-state index contributed by atoms with van der Waals surface area (Å²) in [5.74, 6) is -0.0728. The van der Waals surface area contributed by atoms with Gasteiger partial charge in [-0.15, -0.1) is 0 Å². The number of carboxylic acids is 1. The van der Waals surface area contributed by atoms with E-state index in [4.69, 9.17) is 16.7 Å². The Balaban J connectivity index is 2.69. The third kappa shape index (κ3) is 1.76. The number of carbonyl (C=O) groups is 1. The van der Waals surface area contributed by atoms with Crippen LogP contribution in [0.15, 0.2) is 18.3 Å². The zero-order chi connectivity index (χ0) is 11.7. The van der Waals surface area contributed by atoms with Gasteiger partial charge < -0.3 is 9.51 Å². The molecule has 0 aliphatic heterocycles. The van der Waals surface area contributed by atoms with Gasteiger partial charge >= 0.3 is 5.97 Å². The van der Waals surface area contributed by atoms with Gasteiger partial charge in [-0.2, -0.15) is 0 Å². The van der Waals surface area contributed by atoms with E-state index in [-0.39, 0.29) is 6.42 Å². The highest BCUT2D eigenvalue weighted by Gasteiger charge is 2.14. The minimum absolute atomic E-state index is 0.104. The van der Waals surface area contributed by atoms with Gasteiger partial charge in [-0.1, -0.05) is 18.5 Å². The minimum atomic E-state index is -0.900. The van der Waals surface area contributed by atoms with Crippen molar-refractivity contribution in [3.05, 3.63) is 34.9 Å². The van der Waals surface area contributed by atoms with Gasteiger partial charge in [0.25, 0.3) is 0 Å². The van der Waals surface area contributed by atoms with Crippen LogP contribution < -0.4 is 0 Å². The molecule has 0 aromatic carbocycles. The van der Waals surface area contributed by atoms with E-state index in [1.807, 2.05) is 23.6 Å². The van der Waals surface area contributed by atoms with E-state index >= 15 is 0 Å². The van der Waals surface area contributed by atoms with Crippen molar-refractivity contribution in [3.8, 4) is 0 Å². The third-order valence-electron chi connectivity index (χ3n) is 2.40. The Kier molecular flexibility index (Phi) is 2.83. The van der Waals surface area contributed by atoms with Crippen LogP contribution >= 0.6 is 11.6 Å². The molecule has 0 aliphatic carbocycles. The Hall–Kier alpha value is -1.55. The van der Waals surface area contributed by atoms with Crippen molar-refractivity contribution in [2.75, 3.05) is 0 Å². The number of nitrogens with zero attached hydrogens (tertiary/aromatic N) is 2. The third-order valence-corrected chi connectivity index (χ3v) is 2.70. The molecule has 0 saturated carbocycles. The highest BCUT2D eigenvalue weighted by Crippen LogP contribution is 2.22. The average Bonchev–Trinajstić information content (AvgIpc) is 2.57. The van der Waals surface area contributed by atoms with Gasteiger partial charge in [-0.05, 0) is 12.1 Å². The van der Waals surface area contributed by atoms with Gasteiger partial charge in [0.1, 0.15) is 5.82 Å². The molecule has 4 nitrogen and oxygen atoms in total. The Morgan fingerprint density at radius 3 is 3.00 bits per heavy atom. The molecule has 0 unspecified atom stereocenters. The summed E-state index contributed by atoms with van der Waals surface area (Å²) in [4.78, 5) is 15.0. The number of aliphatic carboxylic acids is 1. The van der Waals surface area contributed by atoms with Crippen LogP contribution in [0.5, 0.6) is 0 Å². The number of imidazole rings is 1. The van der Waals surface area contributed by atoms with E-state index in [9.17, 15) is 4.79 Å². The average molecular weight is 239 g/mol. The summed E-state index contributed by atoms with van der Waals surface area (Å²) in [5, 5.41) is 9.34. The van der Waals surface area contributed by atoms with Crippen LogP contribution in [0.3, 0.4) is 0 Å². The van der Waals surface area contributed by atoms with Crippen molar-refractivity contribution >= 4 is 23.1 Å². The molecule has 0 atom stereocenters. The number of fused-ring (bicyclic) bond motifs is 1. The molecule has 0 fully saturated rings. The second-order valence-electron chi connectivity index (χ2n) is 3.47. The largest absolute Gasteiger partial charge is 0.481 e. The van der Waals surface area contributed by atoms with Crippen molar-refractivity contribution in [1.82, 2.24) is 9.38 Å². The summed E-state index contributed by atoms with van der Waals surface area (Å²) in [6, 6.07) is 3.56. The maximum atomic E-state index is 10.7. The van der Waals surface area contributed by atoms with Crippen LogP contribution in [0.2, 0.25) is 5.02 Å². The molecular formula is C11H11ClN2O2. The lowest BCUT2D eigenvalue weighted by molar-refractivity contribution is -0.136. The highest BCUT2D eigenvalue weighted by atomic mass is 35.5. The van der Waals surface area contributed by atoms with Crippen LogP contribution in [0.4, 0.5) is 0 Å². The SMILES string of the molecule is CCc1nc(CC(=O)O)c2c(Cl)cccn12. The maximum Gasteiger partial charge on any atom is 0.309 e. The number of aromatic nitrogens is 2. The quantitative estimate of drug-likeness (QED) is 0.892. The lowest BCUT2D eigenvalue weighted by Gasteiger charge is -1.99. The number of halogens is 1. The first-order valence-corrected chi connectivity index (χ1v) is 5.37. The van der Waals surface area contributed by atoms with Gasteiger partial charge in [0, 0.05) is 12.6 Å². The predicted molar refractivity (Wildman–Crippen MR) is 60.9 cm³/mol. The number of hydrogen-bond acceptors (Lipinski definition) is 2. The van der Waals surface area contributed by atoms with Gasteiger partial charge in [0.05, 0.1) is 22.7 Å². The summed E-state index contributed by atoms with van der Waals surface area (Å²) in [5.41, 5.74) is 1.22. The first-order chi connectivity index (χ1) is 7.63. The molecule has 0 saturated heterocycles. The standard InChI is InChI=1S/C11H11ClN2O2/c1-2-9-13-8(6-10(15)16)11-7(12)4-3-5-14(9)11/h3-5H,2,6H2,1H3,(H,15,16). The fourth-order valence-electron chi connectivity index (χ4n) is 1.75. The molecule has 2 aromatic heterocycles. The smallest absolute Gasteiger partial charge is 0.309 e. The zero-order valence-corrected chi connectivity index (χ0v) is 9.53. The fourth-order valence-corrected chi connectivity index (χ4v) is 2.03. The summed E-state index contributed by atoms with van der Waals surface area (Å²) in [6.07, 6.45) is 2.48. The van der Waals surface area contributed by atoms with E-state index in [2.05, 4.69) is 4.98 Å². The van der Waals surface area contributed by atoms with Crippen molar-refractivity contribution in [2.45, 2.75) is 19.8 Å². The van der Waals surface area contributed by atoms with Crippen molar-refractivity contribution in [2.24, 2.45) is 0 Å². The van der Waals surface area contributed by atoms with Crippen molar-refractivity contribution in [1.29, 1.82) is 0 Å². The summed E-state index contributed by atoms with van der Waals surface area (Å²) >= 11 is 6.06. The van der Waals surface area contributed by atoms with Gasteiger partial charge in [-0.3, -0.25) is 4.79 Å². The molecule has 84 valence electrons. The van der Waals surface area contributed by atoms with Gasteiger partial charge in [0.2, 0.25) is 0 Å². The second-order valence-corrected chi connectivity index (χ2v) is 3.88. The summed E-state index contributed by atoms with van der Waals surface area (Å²) < 4.78 is 1.85. The molecule has 2 rings (SSSR count). The number of hydrogen-bond donors (Lipinski definition) is 1. The number of aryl methyl sites for hydroxylation is 1. The molecule has 1 N–H and O–H groups in total. The normalized spacial score (nSPS) is 10.9. The van der Waals surface area contributed by atoms with E-state index in [1.165, 1.54) is 0 Å². The Morgan fingerprint density at radius 2 is 2.38 bits per heavy atom. The van der Waals surface area contributed by atoms with Gasteiger partial charge in [-0.25, -0.2) is 4.98 Å². The van der Waals surface area contributed by atoms with Crippen molar-refractivity contribution in [3.63, 3.8) is 0 Å².